The minimum absolute atomic E-state index is 0.203. The summed E-state index contributed by atoms with van der Waals surface area (Å²) < 4.78 is 25.7. The lowest BCUT2D eigenvalue weighted by Gasteiger charge is -2.18. The number of allylic oxidation sites excluding steroid dienone is 2. The molecule has 27 heavy (non-hydrogen) atoms. The highest BCUT2D eigenvalue weighted by molar-refractivity contribution is 7.89. The first-order valence-corrected chi connectivity index (χ1v) is 10.3. The molecular weight excluding hydrogens is 360 g/mol. The van der Waals surface area contributed by atoms with E-state index in [0.29, 0.717) is 11.1 Å². The van der Waals surface area contributed by atoms with E-state index in [4.69, 9.17) is 5.73 Å². The lowest BCUT2D eigenvalue weighted by molar-refractivity contribution is 0.100. The molecule has 1 amide bonds. The molecule has 0 aromatic heterocycles. The van der Waals surface area contributed by atoms with Crippen LogP contribution >= 0.6 is 0 Å². The van der Waals surface area contributed by atoms with E-state index in [1.807, 2.05) is 0 Å². The van der Waals surface area contributed by atoms with Gasteiger partial charge in [-0.3, -0.25) is 4.79 Å². The van der Waals surface area contributed by atoms with Crippen LogP contribution in [0.2, 0.25) is 0 Å². The average molecular weight is 383 g/mol. The van der Waals surface area contributed by atoms with Crippen molar-refractivity contribution >= 4 is 21.5 Å². The normalized spacial score (nSPS) is 14.9. The zero-order valence-corrected chi connectivity index (χ0v) is 16.3. The van der Waals surface area contributed by atoms with Crippen LogP contribution in [-0.4, -0.2) is 32.7 Å². The van der Waals surface area contributed by atoms with Crippen LogP contribution in [0.5, 0.6) is 0 Å². The van der Waals surface area contributed by atoms with Crippen molar-refractivity contribution in [3.8, 4) is 11.1 Å². The summed E-state index contributed by atoms with van der Waals surface area (Å²) in [7, 11) is -0.518. The maximum atomic E-state index is 12.3. The van der Waals surface area contributed by atoms with E-state index in [1.165, 1.54) is 18.4 Å². The monoisotopic (exact) mass is 383 g/mol. The number of benzene rings is 2. The number of carbonyl (C=O) groups excluding carboxylic acids is 1. The number of primary amides is 1. The van der Waals surface area contributed by atoms with Gasteiger partial charge in [-0.15, -0.1) is 0 Å². The summed E-state index contributed by atoms with van der Waals surface area (Å²) >= 11 is 0. The Hall–Kier alpha value is -2.44. The van der Waals surface area contributed by atoms with Gasteiger partial charge in [0.05, 0.1) is 10.5 Å². The van der Waals surface area contributed by atoms with Gasteiger partial charge in [0.15, 0.2) is 0 Å². The fourth-order valence-electron chi connectivity index (χ4n) is 3.33. The molecule has 0 saturated carbocycles. The number of sulfonamides is 1. The van der Waals surface area contributed by atoms with Crippen LogP contribution in [0.15, 0.2) is 47.4 Å². The van der Waals surface area contributed by atoms with Crippen molar-refractivity contribution in [2.24, 2.45) is 5.73 Å². The smallest absolute Gasteiger partial charge is 0.249 e. The van der Waals surface area contributed by atoms with Gasteiger partial charge in [0.1, 0.15) is 0 Å². The molecule has 6 heteroatoms. The summed E-state index contributed by atoms with van der Waals surface area (Å²) in [5, 5.41) is 0. The van der Waals surface area contributed by atoms with Gasteiger partial charge in [-0.2, -0.15) is 0 Å². The van der Waals surface area contributed by atoms with E-state index in [-0.39, 0.29) is 4.90 Å². The number of hydrogen-bond donors (Lipinski definition) is 1. The van der Waals surface area contributed by atoms with Crippen LogP contribution in [0.1, 0.15) is 41.6 Å². The third kappa shape index (κ3) is 3.82. The molecule has 0 spiro atoms. The Labute approximate surface area is 160 Å². The molecule has 1 radical (unpaired) electrons. The van der Waals surface area contributed by atoms with Gasteiger partial charge in [-0.05, 0) is 66.1 Å². The van der Waals surface area contributed by atoms with Crippen molar-refractivity contribution in [3.63, 3.8) is 0 Å². The van der Waals surface area contributed by atoms with Crippen molar-refractivity contribution in [2.45, 2.75) is 30.6 Å². The van der Waals surface area contributed by atoms with Crippen LogP contribution in [0, 0.1) is 6.07 Å². The van der Waals surface area contributed by atoms with E-state index in [0.717, 1.165) is 42.4 Å². The second-order valence-electron chi connectivity index (χ2n) is 6.79. The molecular formula is C21H23N2O3S. The fraction of sp³-hybridized carbons (Fsp3) is 0.286. The van der Waals surface area contributed by atoms with Gasteiger partial charge in [0.25, 0.3) is 0 Å². The van der Waals surface area contributed by atoms with Gasteiger partial charge >= 0.3 is 0 Å². The van der Waals surface area contributed by atoms with Gasteiger partial charge in [-0.1, -0.05) is 30.3 Å². The van der Waals surface area contributed by atoms with Crippen LogP contribution in [0.3, 0.4) is 0 Å². The fourth-order valence-corrected chi connectivity index (χ4v) is 4.23. The van der Waals surface area contributed by atoms with Crippen LogP contribution in [-0.2, 0) is 10.0 Å². The predicted octanol–water partition coefficient (Wildman–Crippen LogP) is 3.46. The first kappa shape index (κ1) is 19.3. The molecule has 0 atom stereocenters. The highest BCUT2D eigenvalue weighted by atomic mass is 32.2. The SMILES string of the molecule is CN(C)S(=O)(=O)c1ccc(-c2cc[c]c(C3=CCCCC3)c2C(N)=O)cc1. The number of hydrogen-bond acceptors (Lipinski definition) is 3. The molecule has 0 saturated heterocycles. The molecule has 2 N–H and O–H groups in total. The molecule has 2 aromatic rings. The minimum atomic E-state index is -3.50. The number of carbonyl (C=O) groups is 1. The summed E-state index contributed by atoms with van der Waals surface area (Å²) in [5.74, 6) is -0.506. The van der Waals surface area contributed by atoms with Gasteiger partial charge < -0.3 is 5.73 Å². The van der Waals surface area contributed by atoms with Crippen molar-refractivity contribution in [2.75, 3.05) is 14.1 Å². The number of nitrogens with two attached hydrogens (primary N) is 1. The molecule has 141 valence electrons. The molecule has 3 rings (SSSR count). The highest BCUT2D eigenvalue weighted by Crippen LogP contribution is 2.34. The van der Waals surface area contributed by atoms with E-state index in [1.54, 1.807) is 36.4 Å². The Morgan fingerprint density at radius 3 is 2.37 bits per heavy atom. The van der Waals surface area contributed by atoms with Crippen molar-refractivity contribution < 1.29 is 13.2 Å². The highest BCUT2D eigenvalue weighted by Gasteiger charge is 2.20. The lowest BCUT2D eigenvalue weighted by Crippen LogP contribution is -2.22. The Bertz CT molecular complexity index is 991. The topological polar surface area (TPSA) is 80.5 Å². The quantitative estimate of drug-likeness (QED) is 0.858. The molecule has 0 fully saturated rings. The molecule has 0 heterocycles. The average Bonchev–Trinajstić information content (AvgIpc) is 2.68. The first-order chi connectivity index (χ1) is 12.8. The zero-order chi connectivity index (χ0) is 19.6. The molecule has 1 aliphatic rings. The maximum absolute atomic E-state index is 12.3. The van der Waals surface area contributed by atoms with Crippen LogP contribution < -0.4 is 5.73 Å². The number of rotatable bonds is 5. The molecule has 0 unspecified atom stereocenters. The Morgan fingerprint density at radius 2 is 1.81 bits per heavy atom. The van der Waals surface area contributed by atoms with Crippen molar-refractivity contribution in [1.29, 1.82) is 0 Å². The van der Waals surface area contributed by atoms with Gasteiger partial charge in [0, 0.05) is 14.1 Å². The van der Waals surface area contributed by atoms with Gasteiger partial charge in [0.2, 0.25) is 15.9 Å². The number of nitrogens with zero attached hydrogens (tertiary/aromatic N) is 1. The van der Waals surface area contributed by atoms with E-state index in [2.05, 4.69) is 12.1 Å². The third-order valence-electron chi connectivity index (χ3n) is 4.80. The third-order valence-corrected chi connectivity index (χ3v) is 6.63. The van der Waals surface area contributed by atoms with E-state index >= 15 is 0 Å². The predicted molar refractivity (Wildman–Crippen MR) is 107 cm³/mol. The zero-order valence-electron chi connectivity index (χ0n) is 15.5. The summed E-state index contributed by atoms with van der Waals surface area (Å²) in [6, 6.07) is 13.3. The lowest BCUT2D eigenvalue weighted by atomic mass is 9.87. The molecule has 0 bridgehead atoms. The van der Waals surface area contributed by atoms with E-state index in [9.17, 15) is 13.2 Å². The van der Waals surface area contributed by atoms with Crippen LogP contribution in [0.25, 0.3) is 16.7 Å². The largest absolute Gasteiger partial charge is 0.366 e. The second-order valence-corrected chi connectivity index (χ2v) is 8.94. The molecule has 1 aliphatic carbocycles. The standard InChI is InChI=1S/C21H23N2O3S/c1-23(2)27(25,26)17-13-11-16(12-14-17)19-10-6-9-18(20(19)21(22)24)15-7-4-3-5-8-15/h6-7,10-14H,3-5,8H2,1-2H3,(H2,22,24). The van der Waals surface area contributed by atoms with Crippen LogP contribution in [0.4, 0.5) is 0 Å². The Kier molecular flexibility index (Phi) is 5.48. The first-order valence-electron chi connectivity index (χ1n) is 8.89. The number of amides is 1. The molecule has 0 aliphatic heterocycles. The molecule has 2 aromatic carbocycles. The summed E-state index contributed by atoms with van der Waals surface area (Å²) in [4.78, 5) is 12.4. The minimum Gasteiger partial charge on any atom is -0.366 e. The summed E-state index contributed by atoms with van der Waals surface area (Å²) in [5.41, 5.74) is 9.44. The maximum Gasteiger partial charge on any atom is 0.249 e. The summed E-state index contributed by atoms with van der Waals surface area (Å²) in [6.07, 6.45) is 6.28. The molecule has 5 nitrogen and oxygen atoms in total. The van der Waals surface area contributed by atoms with Gasteiger partial charge in [-0.25, -0.2) is 12.7 Å². The van der Waals surface area contributed by atoms with E-state index < -0.39 is 15.9 Å². The Balaban J connectivity index is 2.09. The van der Waals surface area contributed by atoms with Crippen molar-refractivity contribution in [1.82, 2.24) is 4.31 Å². The summed E-state index contributed by atoms with van der Waals surface area (Å²) in [6.45, 7) is 0. The van der Waals surface area contributed by atoms with Crippen molar-refractivity contribution in [3.05, 3.63) is 59.7 Å². The Morgan fingerprint density at radius 1 is 1.11 bits per heavy atom. The second kappa shape index (κ2) is 7.66.